The first-order valence-corrected chi connectivity index (χ1v) is 7.56. The van der Waals surface area contributed by atoms with Gasteiger partial charge in [0, 0.05) is 33.4 Å². The molecule has 124 valence electrons. The Kier molecular flexibility index (Phi) is 6.66. The minimum absolute atomic E-state index is 0.229. The van der Waals surface area contributed by atoms with Crippen LogP contribution in [0.3, 0.4) is 0 Å². The van der Waals surface area contributed by atoms with Gasteiger partial charge in [-0.25, -0.2) is 0 Å². The predicted molar refractivity (Wildman–Crippen MR) is 74.7 cm³/mol. The molecule has 22 heavy (non-hydrogen) atoms. The van der Waals surface area contributed by atoms with E-state index in [0.29, 0.717) is 0 Å². The van der Waals surface area contributed by atoms with Crippen molar-refractivity contribution in [3.63, 3.8) is 0 Å². The lowest BCUT2D eigenvalue weighted by Gasteiger charge is -2.39. The van der Waals surface area contributed by atoms with E-state index in [1.807, 2.05) is 0 Å². The Morgan fingerprint density at radius 1 is 0.727 bits per heavy atom. The Bertz CT molecular complexity index is 421. The van der Waals surface area contributed by atoms with Gasteiger partial charge in [-0.1, -0.05) is 0 Å². The Labute approximate surface area is 131 Å². The SMILES string of the molecule is CC(=O)O[C@@H]1[C@H](OC(C)=O)[C@H](OC(C)=O)CS[C@H]1OC(C)=O. The third-order valence-electron chi connectivity index (χ3n) is 2.59. The summed E-state index contributed by atoms with van der Waals surface area (Å²) >= 11 is 1.13. The molecule has 1 rings (SSSR count). The van der Waals surface area contributed by atoms with Gasteiger partial charge in [-0.3, -0.25) is 19.2 Å². The third kappa shape index (κ3) is 5.55. The van der Waals surface area contributed by atoms with Gasteiger partial charge in [0.2, 0.25) is 0 Å². The van der Waals surface area contributed by atoms with E-state index in [0.717, 1.165) is 11.8 Å². The summed E-state index contributed by atoms with van der Waals surface area (Å²) in [6.45, 7) is 4.78. The fraction of sp³-hybridized carbons (Fsp3) is 0.692. The molecule has 1 saturated heterocycles. The van der Waals surface area contributed by atoms with E-state index in [2.05, 4.69) is 0 Å². The van der Waals surface area contributed by atoms with Crippen molar-refractivity contribution in [2.75, 3.05) is 5.75 Å². The number of hydrogen-bond acceptors (Lipinski definition) is 9. The highest BCUT2D eigenvalue weighted by Gasteiger charge is 2.47. The second kappa shape index (κ2) is 8.02. The summed E-state index contributed by atoms with van der Waals surface area (Å²) in [4.78, 5) is 44.9. The van der Waals surface area contributed by atoms with Crippen molar-refractivity contribution in [1.82, 2.24) is 0 Å². The topological polar surface area (TPSA) is 105 Å². The van der Waals surface area contributed by atoms with E-state index in [1.54, 1.807) is 0 Å². The van der Waals surface area contributed by atoms with E-state index < -0.39 is 47.6 Å². The third-order valence-corrected chi connectivity index (χ3v) is 3.80. The predicted octanol–water partition coefficient (Wildman–Crippen LogP) is 0.417. The van der Waals surface area contributed by atoms with Crippen molar-refractivity contribution in [3.8, 4) is 0 Å². The van der Waals surface area contributed by atoms with Gasteiger partial charge in [0.25, 0.3) is 0 Å². The summed E-state index contributed by atoms with van der Waals surface area (Å²) < 4.78 is 20.4. The molecule has 0 saturated carbocycles. The molecular formula is C13H18O8S. The molecule has 1 fully saturated rings. The molecule has 1 aliphatic heterocycles. The molecule has 4 atom stereocenters. The van der Waals surface area contributed by atoms with Crippen LogP contribution < -0.4 is 0 Å². The van der Waals surface area contributed by atoms with Crippen molar-refractivity contribution in [2.24, 2.45) is 0 Å². The maximum atomic E-state index is 11.3. The number of carbonyl (C=O) groups is 4. The highest BCUT2D eigenvalue weighted by molar-refractivity contribution is 7.99. The second-order valence-corrected chi connectivity index (χ2v) is 5.74. The molecule has 9 heteroatoms. The zero-order chi connectivity index (χ0) is 16.9. The quantitative estimate of drug-likeness (QED) is 0.534. The highest BCUT2D eigenvalue weighted by Crippen LogP contribution is 2.33. The molecule has 0 radical (unpaired) electrons. The number of carbonyl (C=O) groups excluding carboxylic acids is 4. The first-order valence-electron chi connectivity index (χ1n) is 6.51. The standard InChI is InChI=1S/C13H18O8S/c1-6(14)18-10-5-22-13(21-9(4)17)12(20-8(3)16)11(10)19-7(2)15/h10-13H,5H2,1-4H3/t10-,11-,12-,13-/m1/s1. The smallest absolute Gasteiger partial charge is 0.303 e. The highest BCUT2D eigenvalue weighted by atomic mass is 32.2. The number of ether oxygens (including phenoxy) is 4. The largest absolute Gasteiger partial charge is 0.458 e. The minimum Gasteiger partial charge on any atom is -0.458 e. The fourth-order valence-electron chi connectivity index (χ4n) is 1.97. The summed E-state index contributed by atoms with van der Waals surface area (Å²) in [5.74, 6) is -2.17. The van der Waals surface area contributed by atoms with Crippen molar-refractivity contribution in [3.05, 3.63) is 0 Å². The van der Waals surface area contributed by atoms with E-state index >= 15 is 0 Å². The van der Waals surface area contributed by atoms with Crippen molar-refractivity contribution >= 4 is 35.6 Å². The summed E-state index contributed by atoms with van der Waals surface area (Å²) in [6.07, 6.45) is -2.91. The van der Waals surface area contributed by atoms with E-state index in [1.165, 1.54) is 27.7 Å². The molecule has 0 bridgehead atoms. The fourth-order valence-corrected chi connectivity index (χ4v) is 3.21. The molecule has 0 N–H and O–H groups in total. The molecule has 8 nitrogen and oxygen atoms in total. The number of thioether (sulfide) groups is 1. The van der Waals surface area contributed by atoms with Crippen molar-refractivity contribution in [1.29, 1.82) is 0 Å². The van der Waals surface area contributed by atoms with Crippen LogP contribution in [0.5, 0.6) is 0 Å². The van der Waals surface area contributed by atoms with Gasteiger partial charge < -0.3 is 18.9 Å². The van der Waals surface area contributed by atoms with Crippen LogP contribution >= 0.6 is 11.8 Å². The number of hydrogen-bond donors (Lipinski definition) is 0. The lowest BCUT2D eigenvalue weighted by Crippen LogP contribution is -2.55. The van der Waals surface area contributed by atoms with Gasteiger partial charge in [-0.05, 0) is 0 Å². The van der Waals surface area contributed by atoms with Crippen LogP contribution in [0, 0.1) is 0 Å². The zero-order valence-electron chi connectivity index (χ0n) is 12.7. The maximum absolute atomic E-state index is 11.3. The first kappa shape index (κ1) is 18.3. The van der Waals surface area contributed by atoms with E-state index in [4.69, 9.17) is 18.9 Å². The zero-order valence-corrected chi connectivity index (χ0v) is 13.5. The van der Waals surface area contributed by atoms with Crippen molar-refractivity contribution in [2.45, 2.75) is 51.4 Å². The summed E-state index contributed by atoms with van der Waals surface area (Å²) in [5, 5.41) is 0. The van der Waals surface area contributed by atoms with Crippen LogP contribution in [0.1, 0.15) is 27.7 Å². The van der Waals surface area contributed by atoms with Crippen LogP contribution in [0.15, 0.2) is 0 Å². The molecule has 0 aromatic rings. The molecule has 0 spiro atoms. The van der Waals surface area contributed by atoms with Gasteiger partial charge in [-0.2, -0.15) is 0 Å². The molecule has 1 heterocycles. The van der Waals surface area contributed by atoms with Gasteiger partial charge in [0.05, 0.1) is 0 Å². The average Bonchev–Trinajstić information content (AvgIpc) is 2.34. The lowest BCUT2D eigenvalue weighted by atomic mass is 10.1. The second-order valence-electron chi connectivity index (χ2n) is 4.61. The van der Waals surface area contributed by atoms with Crippen LogP contribution in [-0.4, -0.2) is 53.4 Å². The Morgan fingerprint density at radius 2 is 1.18 bits per heavy atom. The summed E-state index contributed by atoms with van der Waals surface area (Å²) in [5.41, 5.74) is -0.849. The van der Waals surface area contributed by atoms with Crippen molar-refractivity contribution < 1.29 is 38.1 Å². The monoisotopic (exact) mass is 334 g/mol. The van der Waals surface area contributed by atoms with Crippen LogP contribution in [0.4, 0.5) is 0 Å². The summed E-state index contributed by atoms with van der Waals surface area (Å²) in [7, 11) is 0. The number of rotatable bonds is 4. The van der Waals surface area contributed by atoms with E-state index in [9.17, 15) is 19.2 Å². The Morgan fingerprint density at radius 3 is 1.64 bits per heavy atom. The lowest BCUT2D eigenvalue weighted by molar-refractivity contribution is -0.191. The van der Waals surface area contributed by atoms with Crippen LogP contribution in [0.2, 0.25) is 0 Å². The Hall–Kier alpha value is -1.77. The molecule has 1 aliphatic rings. The molecular weight excluding hydrogens is 316 g/mol. The molecule has 0 unspecified atom stereocenters. The van der Waals surface area contributed by atoms with Gasteiger partial charge in [0.15, 0.2) is 23.7 Å². The normalized spacial score (nSPS) is 27.5. The minimum atomic E-state index is -1.06. The van der Waals surface area contributed by atoms with E-state index in [-0.39, 0.29) is 5.75 Å². The van der Waals surface area contributed by atoms with Crippen LogP contribution in [0.25, 0.3) is 0 Å². The Balaban J connectivity index is 3.03. The molecule has 0 aliphatic carbocycles. The molecule has 0 amide bonds. The molecule has 0 aromatic heterocycles. The summed E-state index contributed by atoms with van der Waals surface area (Å²) in [6, 6.07) is 0. The van der Waals surface area contributed by atoms with Crippen LogP contribution in [-0.2, 0) is 38.1 Å². The van der Waals surface area contributed by atoms with Gasteiger partial charge >= 0.3 is 23.9 Å². The molecule has 0 aromatic carbocycles. The number of esters is 4. The maximum Gasteiger partial charge on any atom is 0.303 e. The first-order chi connectivity index (χ1) is 10.2. The van der Waals surface area contributed by atoms with Gasteiger partial charge in [0.1, 0.15) is 0 Å². The average molecular weight is 334 g/mol. The van der Waals surface area contributed by atoms with Gasteiger partial charge in [-0.15, -0.1) is 11.8 Å².